The topological polar surface area (TPSA) is 18.5 Å². The number of ether oxygens (including phenoxy) is 2. The average molecular weight is 262 g/mol. The summed E-state index contributed by atoms with van der Waals surface area (Å²) in [6.45, 7) is 2.13. The van der Waals surface area contributed by atoms with E-state index in [1.165, 1.54) is 5.56 Å². The minimum absolute atomic E-state index is 0.778. The van der Waals surface area contributed by atoms with Gasteiger partial charge in [-0.2, -0.15) is 0 Å². The first kappa shape index (κ1) is 11.4. The second-order valence-electron chi connectivity index (χ2n) is 4.98. The minimum atomic E-state index is 0.778. The number of fused-ring (bicyclic) bond motifs is 3. The molecule has 0 fully saturated rings. The van der Waals surface area contributed by atoms with E-state index in [1.807, 2.05) is 36.4 Å². The zero-order valence-electron chi connectivity index (χ0n) is 11.2. The SMILES string of the molecule is CCc1ccc2c(c1)Oc1cc3ccccc3cc1O2. The lowest BCUT2D eigenvalue weighted by Crippen LogP contribution is -1.99. The molecule has 0 aromatic heterocycles. The molecule has 0 aliphatic carbocycles. The summed E-state index contributed by atoms with van der Waals surface area (Å²) >= 11 is 0. The largest absolute Gasteiger partial charge is 0.449 e. The van der Waals surface area contributed by atoms with E-state index in [-0.39, 0.29) is 0 Å². The van der Waals surface area contributed by atoms with Crippen molar-refractivity contribution < 1.29 is 9.47 Å². The Hall–Kier alpha value is -2.48. The van der Waals surface area contributed by atoms with Gasteiger partial charge in [-0.3, -0.25) is 0 Å². The van der Waals surface area contributed by atoms with Crippen LogP contribution in [0.15, 0.2) is 54.6 Å². The fourth-order valence-electron chi connectivity index (χ4n) is 2.53. The molecular weight excluding hydrogens is 248 g/mol. The Balaban J connectivity index is 1.85. The van der Waals surface area contributed by atoms with Gasteiger partial charge >= 0.3 is 0 Å². The van der Waals surface area contributed by atoms with Gasteiger partial charge in [0.05, 0.1) is 0 Å². The lowest BCUT2D eigenvalue weighted by molar-refractivity contribution is 0.360. The standard InChI is InChI=1S/C18H14O2/c1-2-12-7-8-15-16(9-12)20-18-11-14-6-4-3-5-13(14)10-17(18)19-15/h3-11H,2H2,1H3. The molecule has 1 heterocycles. The highest BCUT2D eigenvalue weighted by Crippen LogP contribution is 2.46. The van der Waals surface area contributed by atoms with Crippen molar-refractivity contribution in [2.75, 3.05) is 0 Å². The fraction of sp³-hybridized carbons (Fsp3) is 0.111. The molecule has 0 saturated heterocycles. The highest BCUT2D eigenvalue weighted by molar-refractivity contribution is 5.86. The van der Waals surface area contributed by atoms with Gasteiger partial charge < -0.3 is 9.47 Å². The first-order valence-corrected chi connectivity index (χ1v) is 6.85. The summed E-state index contributed by atoms with van der Waals surface area (Å²) in [6, 6.07) is 18.4. The van der Waals surface area contributed by atoms with E-state index >= 15 is 0 Å². The summed E-state index contributed by atoms with van der Waals surface area (Å²) in [5, 5.41) is 2.31. The summed E-state index contributed by atoms with van der Waals surface area (Å²) in [6.07, 6.45) is 0.987. The first-order valence-electron chi connectivity index (χ1n) is 6.85. The van der Waals surface area contributed by atoms with E-state index in [2.05, 4.69) is 25.1 Å². The summed E-state index contributed by atoms with van der Waals surface area (Å²) in [5.74, 6) is 3.14. The average Bonchev–Trinajstić information content (AvgIpc) is 2.50. The molecule has 1 aliphatic heterocycles. The molecule has 0 spiro atoms. The van der Waals surface area contributed by atoms with Gasteiger partial charge in [0, 0.05) is 0 Å². The van der Waals surface area contributed by atoms with Crippen LogP contribution in [0.2, 0.25) is 0 Å². The quantitative estimate of drug-likeness (QED) is 0.463. The number of benzene rings is 3. The van der Waals surface area contributed by atoms with Crippen LogP contribution in [0.4, 0.5) is 0 Å². The zero-order chi connectivity index (χ0) is 13.5. The van der Waals surface area contributed by atoms with Gasteiger partial charge in [0.1, 0.15) is 0 Å². The van der Waals surface area contributed by atoms with Gasteiger partial charge in [0.15, 0.2) is 23.0 Å². The van der Waals surface area contributed by atoms with Crippen LogP contribution >= 0.6 is 0 Å². The molecule has 1 aliphatic rings. The van der Waals surface area contributed by atoms with Crippen molar-refractivity contribution in [3.8, 4) is 23.0 Å². The van der Waals surface area contributed by atoms with Gasteiger partial charge in [-0.05, 0) is 47.0 Å². The predicted molar refractivity (Wildman–Crippen MR) is 79.9 cm³/mol. The Morgan fingerprint density at radius 2 is 1.30 bits per heavy atom. The van der Waals surface area contributed by atoms with E-state index in [0.717, 1.165) is 40.2 Å². The second-order valence-corrected chi connectivity index (χ2v) is 4.98. The first-order chi connectivity index (χ1) is 9.83. The zero-order valence-corrected chi connectivity index (χ0v) is 11.2. The molecule has 2 heteroatoms. The molecule has 2 nitrogen and oxygen atoms in total. The summed E-state index contributed by atoms with van der Waals surface area (Å²) in [4.78, 5) is 0. The molecule has 0 N–H and O–H groups in total. The van der Waals surface area contributed by atoms with E-state index in [1.54, 1.807) is 0 Å². The third-order valence-electron chi connectivity index (χ3n) is 3.67. The fourth-order valence-corrected chi connectivity index (χ4v) is 2.53. The number of rotatable bonds is 1. The van der Waals surface area contributed by atoms with Gasteiger partial charge in [0.2, 0.25) is 0 Å². The normalized spacial score (nSPS) is 12.2. The third kappa shape index (κ3) is 1.73. The Labute approximate surface area is 117 Å². The number of hydrogen-bond acceptors (Lipinski definition) is 2. The summed E-state index contributed by atoms with van der Waals surface area (Å²) < 4.78 is 12.0. The molecule has 3 aromatic rings. The van der Waals surface area contributed by atoms with Gasteiger partial charge in [-0.1, -0.05) is 37.3 Å². The van der Waals surface area contributed by atoms with Crippen LogP contribution in [0.1, 0.15) is 12.5 Å². The predicted octanol–water partition coefficient (Wildman–Crippen LogP) is 5.30. The summed E-state index contributed by atoms with van der Waals surface area (Å²) in [7, 11) is 0. The van der Waals surface area contributed by atoms with Crippen molar-refractivity contribution in [3.63, 3.8) is 0 Å². The number of aryl methyl sites for hydroxylation is 1. The number of hydrogen-bond donors (Lipinski definition) is 0. The molecule has 4 rings (SSSR count). The minimum Gasteiger partial charge on any atom is -0.449 e. The molecule has 0 radical (unpaired) electrons. The van der Waals surface area contributed by atoms with Crippen molar-refractivity contribution in [1.29, 1.82) is 0 Å². The van der Waals surface area contributed by atoms with Crippen LogP contribution in [-0.2, 0) is 6.42 Å². The third-order valence-corrected chi connectivity index (χ3v) is 3.67. The Morgan fingerprint density at radius 1 is 0.700 bits per heavy atom. The molecule has 0 amide bonds. The molecule has 20 heavy (non-hydrogen) atoms. The van der Waals surface area contributed by atoms with Crippen molar-refractivity contribution in [2.24, 2.45) is 0 Å². The van der Waals surface area contributed by atoms with E-state index in [4.69, 9.17) is 9.47 Å². The van der Waals surface area contributed by atoms with Crippen molar-refractivity contribution >= 4 is 10.8 Å². The van der Waals surface area contributed by atoms with E-state index < -0.39 is 0 Å². The maximum atomic E-state index is 6.00. The van der Waals surface area contributed by atoms with Crippen LogP contribution in [0, 0.1) is 0 Å². The maximum Gasteiger partial charge on any atom is 0.170 e. The van der Waals surface area contributed by atoms with Crippen LogP contribution in [-0.4, -0.2) is 0 Å². The lowest BCUT2D eigenvalue weighted by Gasteiger charge is -2.21. The van der Waals surface area contributed by atoms with E-state index in [0.29, 0.717) is 0 Å². The molecular formula is C18H14O2. The highest BCUT2D eigenvalue weighted by Gasteiger charge is 2.19. The van der Waals surface area contributed by atoms with Crippen molar-refractivity contribution in [1.82, 2.24) is 0 Å². The monoisotopic (exact) mass is 262 g/mol. The van der Waals surface area contributed by atoms with Crippen LogP contribution in [0.3, 0.4) is 0 Å². The smallest absolute Gasteiger partial charge is 0.170 e. The summed E-state index contributed by atoms with van der Waals surface area (Å²) in [5.41, 5.74) is 1.25. The molecule has 0 bridgehead atoms. The van der Waals surface area contributed by atoms with Crippen molar-refractivity contribution in [3.05, 3.63) is 60.2 Å². The van der Waals surface area contributed by atoms with Crippen LogP contribution in [0.25, 0.3) is 10.8 Å². The van der Waals surface area contributed by atoms with Gasteiger partial charge in [-0.15, -0.1) is 0 Å². The van der Waals surface area contributed by atoms with Gasteiger partial charge in [0.25, 0.3) is 0 Å². The lowest BCUT2D eigenvalue weighted by atomic mass is 10.1. The van der Waals surface area contributed by atoms with Crippen molar-refractivity contribution in [2.45, 2.75) is 13.3 Å². The molecule has 0 atom stereocenters. The molecule has 0 saturated carbocycles. The molecule has 98 valence electrons. The second kappa shape index (κ2) is 4.27. The molecule has 0 unspecified atom stereocenters. The molecule has 3 aromatic carbocycles. The Morgan fingerprint density at radius 3 is 1.95 bits per heavy atom. The Bertz CT molecular complexity index is 806. The van der Waals surface area contributed by atoms with Crippen LogP contribution in [0.5, 0.6) is 23.0 Å². The van der Waals surface area contributed by atoms with E-state index in [9.17, 15) is 0 Å². The maximum absolute atomic E-state index is 6.00. The highest BCUT2D eigenvalue weighted by atomic mass is 16.6. The Kier molecular flexibility index (Phi) is 2.43. The van der Waals surface area contributed by atoms with Gasteiger partial charge in [-0.25, -0.2) is 0 Å². The van der Waals surface area contributed by atoms with Crippen LogP contribution < -0.4 is 9.47 Å².